The van der Waals surface area contributed by atoms with E-state index in [1.165, 1.54) is 6.08 Å². The number of rotatable bonds is 2. The highest BCUT2D eigenvalue weighted by Gasteiger charge is 2.25. The molecule has 3 heteroatoms. The van der Waals surface area contributed by atoms with Crippen LogP contribution in [0.5, 0.6) is 0 Å². The van der Waals surface area contributed by atoms with Gasteiger partial charge in [0.15, 0.2) is 5.78 Å². The quantitative estimate of drug-likeness (QED) is 0.910. The highest BCUT2D eigenvalue weighted by molar-refractivity contribution is 6.25. The lowest BCUT2D eigenvalue weighted by Gasteiger charge is -2.17. The van der Waals surface area contributed by atoms with Crippen molar-refractivity contribution in [3.8, 4) is 0 Å². The number of Topliss-reactive ketones (excluding diaryl/α,β-unsaturated/α-hetero) is 1. The molecule has 2 aromatic rings. The summed E-state index contributed by atoms with van der Waals surface area (Å²) in [7, 11) is 0. The van der Waals surface area contributed by atoms with Crippen LogP contribution in [0.25, 0.3) is 0 Å². The third kappa shape index (κ3) is 2.50. The standard InChI is InChI=1S/C18H15NO2/c1-11-4-3-5-13(8-11)19-16-10-17(20)14-7-6-12(2)9-15(14)18(16)21/h3-10,19H,1-2H3. The second-order valence-corrected chi connectivity index (χ2v) is 5.29. The van der Waals surface area contributed by atoms with Gasteiger partial charge in [0.25, 0.3) is 0 Å². The molecule has 104 valence electrons. The van der Waals surface area contributed by atoms with Gasteiger partial charge in [-0.05, 0) is 37.6 Å². The predicted octanol–water partition coefficient (Wildman–Crippen LogP) is 3.68. The molecule has 0 radical (unpaired) electrons. The molecule has 0 spiro atoms. The van der Waals surface area contributed by atoms with Crippen molar-refractivity contribution in [3.05, 3.63) is 76.5 Å². The van der Waals surface area contributed by atoms with Gasteiger partial charge in [-0.25, -0.2) is 0 Å². The Bertz CT molecular complexity index is 788. The molecule has 3 rings (SSSR count). The molecular weight excluding hydrogens is 262 g/mol. The van der Waals surface area contributed by atoms with Crippen LogP contribution in [0.4, 0.5) is 5.69 Å². The second kappa shape index (κ2) is 5.02. The molecule has 1 aliphatic carbocycles. The fraction of sp³-hybridized carbons (Fsp3) is 0.111. The lowest BCUT2D eigenvalue weighted by Crippen LogP contribution is -2.21. The van der Waals surface area contributed by atoms with E-state index in [1.807, 2.05) is 44.2 Å². The van der Waals surface area contributed by atoms with Gasteiger partial charge in [0, 0.05) is 22.9 Å². The zero-order valence-corrected chi connectivity index (χ0v) is 11.9. The van der Waals surface area contributed by atoms with Gasteiger partial charge in [-0.2, -0.15) is 0 Å². The normalized spacial score (nSPS) is 13.7. The van der Waals surface area contributed by atoms with E-state index in [0.29, 0.717) is 16.8 Å². The van der Waals surface area contributed by atoms with Gasteiger partial charge in [-0.15, -0.1) is 0 Å². The fourth-order valence-corrected chi connectivity index (χ4v) is 2.45. The Hall–Kier alpha value is -2.68. The van der Waals surface area contributed by atoms with E-state index in [2.05, 4.69) is 5.32 Å². The molecule has 0 aromatic heterocycles. The van der Waals surface area contributed by atoms with Crippen LogP contribution in [0.2, 0.25) is 0 Å². The molecule has 0 atom stereocenters. The summed E-state index contributed by atoms with van der Waals surface area (Å²) in [6.07, 6.45) is 1.38. The van der Waals surface area contributed by atoms with E-state index >= 15 is 0 Å². The summed E-state index contributed by atoms with van der Waals surface area (Å²) in [4.78, 5) is 24.7. The van der Waals surface area contributed by atoms with Crippen LogP contribution >= 0.6 is 0 Å². The smallest absolute Gasteiger partial charge is 0.210 e. The average Bonchev–Trinajstić information content (AvgIpc) is 2.44. The average molecular weight is 277 g/mol. The van der Waals surface area contributed by atoms with Crippen LogP contribution in [0.1, 0.15) is 31.8 Å². The van der Waals surface area contributed by atoms with Gasteiger partial charge in [0.2, 0.25) is 5.78 Å². The molecule has 0 amide bonds. The van der Waals surface area contributed by atoms with Crippen molar-refractivity contribution in [2.75, 3.05) is 5.32 Å². The molecular formula is C18H15NO2. The second-order valence-electron chi connectivity index (χ2n) is 5.29. The molecule has 0 aliphatic heterocycles. The summed E-state index contributed by atoms with van der Waals surface area (Å²) < 4.78 is 0. The minimum atomic E-state index is -0.144. The van der Waals surface area contributed by atoms with E-state index in [9.17, 15) is 9.59 Å². The minimum absolute atomic E-state index is 0.139. The monoisotopic (exact) mass is 277 g/mol. The number of carbonyl (C=O) groups excluding carboxylic acids is 2. The highest BCUT2D eigenvalue weighted by Crippen LogP contribution is 2.24. The summed E-state index contributed by atoms with van der Waals surface area (Å²) in [6.45, 7) is 3.89. The molecule has 0 bridgehead atoms. The van der Waals surface area contributed by atoms with E-state index in [0.717, 1.165) is 16.8 Å². The largest absolute Gasteiger partial charge is 0.352 e. The van der Waals surface area contributed by atoms with Crippen LogP contribution in [0.3, 0.4) is 0 Å². The lowest BCUT2D eigenvalue weighted by molar-refractivity contribution is 0.0985. The third-order valence-electron chi connectivity index (χ3n) is 3.50. The third-order valence-corrected chi connectivity index (χ3v) is 3.50. The van der Waals surface area contributed by atoms with Gasteiger partial charge < -0.3 is 5.32 Å². The number of carbonyl (C=O) groups is 2. The number of benzene rings is 2. The Morgan fingerprint density at radius 3 is 2.38 bits per heavy atom. The van der Waals surface area contributed by atoms with Gasteiger partial charge in [-0.1, -0.05) is 29.8 Å². The Morgan fingerprint density at radius 1 is 0.857 bits per heavy atom. The van der Waals surface area contributed by atoms with Crippen molar-refractivity contribution in [2.45, 2.75) is 13.8 Å². The van der Waals surface area contributed by atoms with Crippen molar-refractivity contribution < 1.29 is 9.59 Å². The first kappa shape index (κ1) is 13.3. The highest BCUT2D eigenvalue weighted by atomic mass is 16.1. The van der Waals surface area contributed by atoms with Gasteiger partial charge in [0.1, 0.15) is 0 Å². The summed E-state index contributed by atoms with van der Waals surface area (Å²) >= 11 is 0. The number of allylic oxidation sites excluding steroid dienone is 2. The lowest BCUT2D eigenvalue weighted by atomic mass is 9.91. The molecule has 0 saturated carbocycles. The minimum Gasteiger partial charge on any atom is -0.352 e. The maximum atomic E-state index is 12.5. The maximum Gasteiger partial charge on any atom is 0.210 e. The molecule has 0 unspecified atom stereocenters. The molecule has 1 aliphatic rings. The van der Waals surface area contributed by atoms with Crippen molar-refractivity contribution in [2.24, 2.45) is 0 Å². The van der Waals surface area contributed by atoms with Gasteiger partial charge in [-0.3, -0.25) is 9.59 Å². The molecule has 0 fully saturated rings. The number of hydrogen-bond acceptors (Lipinski definition) is 3. The maximum absolute atomic E-state index is 12.5. The Labute approximate surface area is 123 Å². The Kier molecular flexibility index (Phi) is 3.18. The van der Waals surface area contributed by atoms with Crippen LogP contribution in [0, 0.1) is 13.8 Å². The van der Waals surface area contributed by atoms with E-state index in [4.69, 9.17) is 0 Å². The van der Waals surface area contributed by atoms with E-state index < -0.39 is 0 Å². The Balaban J connectivity index is 1.98. The first-order valence-electron chi connectivity index (χ1n) is 6.79. The molecule has 0 heterocycles. The first-order chi connectivity index (χ1) is 10.0. The Morgan fingerprint density at radius 2 is 1.62 bits per heavy atom. The van der Waals surface area contributed by atoms with Crippen molar-refractivity contribution in [1.82, 2.24) is 0 Å². The van der Waals surface area contributed by atoms with Crippen LogP contribution in [0.15, 0.2) is 54.2 Å². The predicted molar refractivity (Wildman–Crippen MR) is 82.7 cm³/mol. The molecule has 3 nitrogen and oxygen atoms in total. The summed E-state index contributed by atoms with van der Waals surface area (Å²) in [6, 6.07) is 13.0. The molecule has 21 heavy (non-hydrogen) atoms. The molecule has 0 saturated heterocycles. The van der Waals surface area contributed by atoms with Crippen LogP contribution in [-0.2, 0) is 0 Å². The van der Waals surface area contributed by atoms with Crippen molar-refractivity contribution in [3.63, 3.8) is 0 Å². The number of hydrogen-bond donors (Lipinski definition) is 1. The molecule has 1 N–H and O–H groups in total. The van der Waals surface area contributed by atoms with E-state index in [-0.39, 0.29) is 11.6 Å². The molecule has 2 aromatic carbocycles. The van der Waals surface area contributed by atoms with Crippen molar-refractivity contribution >= 4 is 17.3 Å². The van der Waals surface area contributed by atoms with Gasteiger partial charge in [0.05, 0.1) is 5.70 Å². The fourth-order valence-electron chi connectivity index (χ4n) is 2.45. The van der Waals surface area contributed by atoms with Gasteiger partial charge >= 0.3 is 0 Å². The van der Waals surface area contributed by atoms with Crippen LogP contribution in [-0.4, -0.2) is 11.6 Å². The number of aryl methyl sites for hydroxylation is 2. The first-order valence-corrected chi connectivity index (χ1v) is 6.79. The summed E-state index contributed by atoms with van der Waals surface area (Å²) in [5, 5.41) is 3.05. The van der Waals surface area contributed by atoms with Crippen molar-refractivity contribution in [1.29, 1.82) is 0 Å². The zero-order chi connectivity index (χ0) is 15.0. The SMILES string of the molecule is Cc1cccc(NC2=CC(=O)c3ccc(C)cc3C2=O)c1. The summed E-state index contributed by atoms with van der Waals surface area (Å²) in [5.74, 6) is -0.283. The number of fused-ring (bicyclic) bond motifs is 1. The van der Waals surface area contributed by atoms with Crippen LogP contribution < -0.4 is 5.32 Å². The summed E-state index contributed by atoms with van der Waals surface area (Å²) in [5.41, 5.74) is 4.12. The number of anilines is 1. The zero-order valence-electron chi connectivity index (χ0n) is 11.9. The van der Waals surface area contributed by atoms with E-state index in [1.54, 1.807) is 12.1 Å². The number of nitrogens with one attached hydrogen (secondary N) is 1. The number of ketones is 2. The topological polar surface area (TPSA) is 46.2 Å².